The van der Waals surface area contributed by atoms with Gasteiger partial charge in [-0.25, -0.2) is 14.2 Å². The van der Waals surface area contributed by atoms with Crippen molar-refractivity contribution in [1.82, 2.24) is 4.98 Å². The molecular formula is C24H21F3N2O5. The molecule has 1 aliphatic heterocycles. The Bertz CT molecular complexity index is 1370. The number of amides is 1. The summed E-state index contributed by atoms with van der Waals surface area (Å²) in [5, 5.41) is 11.9. The molecule has 3 aromatic rings. The van der Waals surface area contributed by atoms with Gasteiger partial charge in [-0.1, -0.05) is 12.1 Å². The molecule has 0 unspecified atom stereocenters. The molecule has 5 rings (SSSR count). The predicted octanol–water partition coefficient (Wildman–Crippen LogP) is 5.38. The van der Waals surface area contributed by atoms with Gasteiger partial charge in [0.25, 0.3) is 0 Å². The summed E-state index contributed by atoms with van der Waals surface area (Å²) in [7, 11) is 0. The van der Waals surface area contributed by atoms with Crippen LogP contribution < -0.4 is 14.8 Å². The summed E-state index contributed by atoms with van der Waals surface area (Å²) in [5.74, 6) is -2.66. The predicted molar refractivity (Wildman–Crippen MR) is 118 cm³/mol. The summed E-state index contributed by atoms with van der Waals surface area (Å²) < 4.78 is 49.4. The standard InChI is InChI=1S/C24H17F3N2O5.2H2/c1-12-2-7-19(28-20(12)13-3-5-16(25)15(10-13)21(30)31)29-22(32)23(8-9-23)14-4-6-17-18(11-14)34-24(26,27)33-17;;/h2-7,10-11H,8-9H2,1H3,(H,30,31)(H,28,29,32);2*1H. The van der Waals surface area contributed by atoms with E-state index in [2.05, 4.69) is 19.8 Å². The Hall–Kier alpha value is -4.08. The van der Waals surface area contributed by atoms with Crippen molar-refractivity contribution in [3.05, 3.63) is 71.0 Å². The summed E-state index contributed by atoms with van der Waals surface area (Å²) in [5.41, 5.74) is 0.565. The van der Waals surface area contributed by atoms with E-state index in [1.54, 1.807) is 25.1 Å². The summed E-state index contributed by atoms with van der Waals surface area (Å²) in [6.07, 6.45) is -2.73. The second kappa shape index (κ2) is 7.47. The fourth-order valence-corrected chi connectivity index (χ4v) is 3.98. The number of nitrogens with one attached hydrogen (secondary N) is 1. The molecule has 1 amide bonds. The molecule has 1 saturated carbocycles. The van der Waals surface area contributed by atoms with Crippen LogP contribution >= 0.6 is 0 Å². The number of carbonyl (C=O) groups is 2. The smallest absolute Gasteiger partial charge is 0.478 e. The van der Waals surface area contributed by atoms with Gasteiger partial charge in [-0.15, -0.1) is 8.78 Å². The first-order valence-electron chi connectivity index (χ1n) is 10.3. The van der Waals surface area contributed by atoms with Gasteiger partial charge in [0.2, 0.25) is 5.91 Å². The minimum absolute atomic E-state index is 0. The molecule has 0 saturated heterocycles. The van der Waals surface area contributed by atoms with Crippen LogP contribution in [0.25, 0.3) is 11.3 Å². The lowest BCUT2D eigenvalue weighted by molar-refractivity contribution is -0.286. The molecule has 7 nitrogen and oxygen atoms in total. The zero-order valence-corrected chi connectivity index (χ0v) is 17.7. The molecule has 34 heavy (non-hydrogen) atoms. The Morgan fingerprint density at radius 2 is 1.79 bits per heavy atom. The number of nitrogens with zero attached hydrogens (tertiary/aromatic N) is 1. The number of ether oxygens (including phenoxy) is 2. The van der Waals surface area contributed by atoms with Crippen LogP contribution in [0.3, 0.4) is 0 Å². The van der Waals surface area contributed by atoms with E-state index >= 15 is 0 Å². The number of carboxylic acid groups (broad SMARTS) is 1. The Kier molecular flexibility index (Phi) is 4.78. The number of hydrogen-bond donors (Lipinski definition) is 2. The van der Waals surface area contributed by atoms with Crippen molar-refractivity contribution in [1.29, 1.82) is 0 Å². The van der Waals surface area contributed by atoms with Gasteiger partial charge >= 0.3 is 12.3 Å². The molecule has 178 valence electrons. The van der Waals surface area contributed by atoms with Crippen molar-refractivity contribution < 1.29 is 40.2 Å². The summed E-state index contributed by atoms with van der Waals surface area (Å²) in [6.45, 7) is 1.75. The summed E-state index contributed by atoms with van der Waals surface area (Å²) >= 11 is 0. The highest BCUT2D eigenvalue weighted by Crippen LogP contribution is 2.52. The van der Waals surface area contributed by atoms with Crippen LogP contribution in [0.15, 0.2) is 48.5 Å². The zero-order valence-electron chi connectivity index (χ0n) is 17.7. The number of benzene rings is 2. The van der Waals surface area contributed by atoms with Crippen molar-refractivity contribution >= 4 is 17.7 Å². The fourth-order valence-electron chi connectivity index (χ4n) is 3.98. The van der Waals surface area contributed by atoms with E-state index in [9.17, 15) is 27.9 Å². The number of anilines is 1. The fraction of sp³-hybridized carbons (Fsp3) is 0.208. The van der Waals surface area contributed by atoms with E-state index < -0.39 is 29.1 Å². The number of rotatable bonds is 5. The highest BCUT2D eigenvalue weighted by Gasteiger charge is 2.53. The van der Waals surface area contributed by atoms with Gasteiger partial charge in [0.05, 0.1) is 16.7 Å². The van der Waals surface area contributed by atoms with Crippen LogP contribution in [-0.4, -0.2) is 28.3 Å². The first-order valence-corrected chi connectivity index (χ1v) is 10.3. The third kappa shape index (κ3) is 3.70. The van der Waals surface area contributed by atoms with Gasteiger partial charge in [-0.05, 0) is 67.3 Å². The Balaban J connectivity index is 0.00000180. The van der Waals surface area contributed by atoms with Crippen molar-refractivity contribution in [2.75, 3.05) is 5.32 Å². The molecule has 2 aliphatic rings. The number of carboxylic acids is 1. The first kappa shape index (κ1) is 21.7. The number of halogens is 3. The number of alkyl halides is 2. The molecule has 2 N–H and O–H groups in total. The van der Waals surface area contributed by atoms with Gasteiger partial charge < -0.3 is 19.9 Å². The minimum Gasteiger partial charge on any atom is -0.478 e. The molecule has 1 fully saturated rings. The highest BCUT2D eigenvalue weighted by molar-refractivity contribution is 6.01. The number of aromatic nitrogens is 1. The van der Waals surface area contributed by atoms with Gasteiger partial charge in [0.15, 0.2) is 11.5 Å². The van der Waals surface area contributed by atoms with Crippen LogP contribution in [0, 0.1) is 12.7 Å². The average Bonchev–Trinajstić information content (AvgIpc) is 3.52. The van der Waals surface area contributed by atoms with Gasteiger partial charge in [-0.3, -0.25) is 4.79 Å². The first-order chi connectivity index (χ1) is 16.1. The lowest BCUT2D eigenvalue weighted by Crippen LogP contribution is -2.28. The molecule has 0 bridgehead atoms. The summed E-state index contributed by atoms with van der Waals surface area (Å²) in [6, 6.07) is 11.2. The second-order valence-electron chi connectivity index (χ2n) is 8.23. The maximum absolute atomic E-state index is 13.8. The Morgan fingerprint density at radius 3 is 2.50 bits per heavy atom. The highest BCUT2D eigenvalue weighted by atomic mass is 19.3. The normalized spacial score (nSPS) is 16.7. The molecule has 1 aliphatic carbocycles. The van der Waals surface area contributed by atoms with E-state index in [1.165, 1.54) is 24.3 Å². The van der Waals surface area contributed by atoms with Crippen LogP contribution in [0.5, 0.6) is 11.5 Å². The van der Waals surface area contributed by atoms with Crippen LogP contribution in [0.2, 0.25) is 0 Å². The van der Waals surface area contributed by atoms with Gasteiger partial charge in [0.1, 0.15) is 11.6 Å². The number of fused-ring (bicyclic) bond motifs is 1. The van der Waals surface area contributed by atoms with Crippen molar-refractivity contribution in [2.45, 2.75) is 31.5 Å². The lowest BCUT2D eigenvalue weighted by Gasteiger charge is -2.17. The van der Waals surface area contributed by atoms with Crippen molar-refractivity contribution in [3.63, 3.8) is 0 Å². The number of aromatic carboxylic acids is 1. The minimum atomic E-state index is -3.75. The quantitative estimate of drug-likeness (QED) is 0.516. The van der Waals surface area contributed by atoms with E-state index in [-0.39, 0.29) is 26.1 Å². The third-order valence-corrected chi connectivity index (χ3v) is 5.95. The van der Waals surface area contributed by atoms with Crippen LogP contribution in [-0.2, 0) is 10.2 Å². The van der Waals surface area contributed by atoms with Crippen molar-refractivity contribution in [2.24, 2.45) is 0 Å². The topological polar surface area (TPSA) is 97.8 Å². The van der Waals surface area contributed by atoms with Crippen LogP contribution in [0.1, 0.15) is 37.2 Å². The third-order valence-electron chi connectivity index (χ3n) is 5.95. The van der Waals surface area contributed by atoms with Crippen LogP contribution in [0.4, 0.5) is 19.0 Å². The number of aryl methyl sites for hydroxylation is 1. The van der Waals surface area contributed by atoms with Gasteiger partial charge in [-0.2, -0.15) is 0 Å². The van der Waals surface area contributed by atoms with Gasteiger partial charge in [0, 0.05) is 8.42 Å². The lowest BCUT2D eigenvalue weighted by atomic mass is 9.94. The summed E-state index contributed by atoms with van der Waals surface area (Å²) in [4.78, 5) is 28.9. The number of carbonyl (C=O) groups excluding carboxylic acids is 1. The number of hydrogen-bond acceptors (Lipinski definition) is 5. The Labute approximate surface area is 194 Å². The maximum Gasteiger partial charge on any atom is 0.586 e. The second-order valence-corrected chi connectivity index (χ2v) is 8.23. The molecule has 0 spiro atoms. The molecular weight excluding hydrogens is 453 g/mol. The van der Waals surface area contributed by atoms with Crippen molar-refractivity contribution in [3.8, 4) is 22.8 Å². The maximum atomic E-state index is 13.8. The van der Waals surface area contributed by atoms with E-state index in [0.29, 0.717) is 35.2 Å². The number of pyridine rings is 1. The molecule has 0 atom stereocenters. The average molecular weight is 474 g/mol. The molecule has 1 aromatic heterocycles. The zero-order chi connectivity index (χ0) is 24.3. The van der Waals surface area contributed by atoms with E-state index in [4.69, 9.17) is 0 Å². The van der Waals surface area contributed by atoms with E-state index in [1.807, 2.05) is 0 Å². The molecule has 0 radical (unpaired) electrons. The van der Waals surface area contributed by atoms with E-state index in [0.717, 1.165) is 6.07 Å². The Morgan fingerprint density at radius 1 is 1.06 bits per heavy atom. The molecule has 2 aromatic carbocycles. The monoisotopic (exact) mass is 474 g/mol. The molecule has 2 heterocycles. The molecule has 10 heteroatoms. The SMILES string of the molecule is Cc1ccc(NC(=O)C2(c3ccc4c(c3)OC(F)(F)O4)CC2)nc1-c1ccc(F)c(C(=O)O)c1.[HH].[HH]. The largest absolute Gasteiger partial charge is 0.586 e.